The highest BCUT2D eigenvalue weighted by Gasteiger charge is 2.32. The molecule has 0 aromatic carbocycles. The minimum atomic E-state index is 0.272. The van der Waals surface area contributed by atoms with Crippen LogP contribution in [0.15, 0.2) is 0 Å². The zero-order valence-electron chi connectivity index (χ0n) is 9.70. The van der Waals surface area contributed by atoms with Crippen molar-refractivity contribution in [3.63, 3.8) is 0 Å². The Morgan fingerprint density at radius 1 is 1.33 bits per heavy atom. The van der Waals surface area contributed by atoms with Gasteiger partial charge < -0.3 is 10.2 Å². The van der Waals surface area contributed by atoms with Gasteiger partial charge >= 0.3 is 0 Å². The molecule has 4 heteroatoms. The summed E-state index contributed by atoms with van der Waals surface area (Å²) in [5, 5.41) is 3.33. The van der Waals surface area contributed by atoms with E-state index in [1.165, 1.54) is 19.3 Å². The number of carbonyl (C=O) groups excluding carboxylic acids is 1. The molecule has 0 radical (unpaired) electrons. The van der Waals surface area contributed by atoms with Crippen LogP contribution in [0.1, 0.15) is 19.3 Å². The molecule has 2 unspecified atom stereocenters. The van der Waals surface area contributed by atoms with Gasteiger partial charge in [-0.15, -0.1) is 0 Å². The maximum Gasteiger partial charge on any atom is 0.236 e. The first-order valence-corrected chi connectivity index (χ1v) is 5.86. The lowest BCUT2D eigenvalue weighted by Crippen LogP contribution is -2.51. The molecule has 1 N–H and O–H groups in total. The average molecular weight is 211 g/mol. The van der Waals surface area contributed by atoms with E-state index in [2.05, 4.69) is 10.2 Å². The molecule has 4 nitrogen and oxygen atoms in total. The van der Waals surface area contributed by atoms with E-state index in [0.717, 1.165) is 13.1 Å². The Hall–Kier alpha value is -0.610. The molecule has 1 amide bonds. The SMILES string of the molecule is CNC1CCC(N2CCN(C)C(=O)C2)C1. The lowest BCUT2D eigenvalue weighted by atomic mass is 10.1. The third-order valence-electron chi connectivity index (χ3n) is 3.82. The lowest BCUT2D eigenvalue weighted by Gasteiger charge is -2.35. The van der Waals surface area contributed by atoms with Crippen molar-refractivity contribution in [3.05, 3.63) is 0 Å². The summed E-state index contributed by atoms with van der Waals surface area (Å²) < 4.78 is 0. The van der Waals surface area contributed by atoms with Crippen LogP contribution in [0.2, 0.25) is 0 Å². The normalized spacial score (nSPS) is 33.7. The second-order valence-corrected chi connectivity index (χ2v) is 4.74. The molecule has 15 heavy (non-hydrogen) atoms. The van der Waals surface area contributed by atoms with Crippen LogP contribution in [0.25, 0.3) is 0 Å². The number of nitrogens with zero attached hydrogens (tertiary/aromatic N) is 2. The summed E-state index contributed by atoms with van der Waals surface area (Å²) in [4.78, 5) is 15.8. The van der Waals surface area contributed by atoms with Crippen LogP contribution in [0.3, 0.4) is 0 Å². The molecule has 2 fully saturated rings. The topological polar surface area (TPSA) is 35.6 Å². The highest BCUT2D eigenvalue weighted by Crippen LogP contribution is 2.24. The predicted molar refractivity (Wildman–Crippen MR) is 59.7 cm³/mol. The minimum absolute atomic E-state index is 0.272. The van der Waals surface area contributed by atoms with Gasteiger partial charge in [-0.05, 0) is 26.3 Å². The van der Waals surface area contributed by atoms with Crippen molar-refractivity contribution in [2.45, 2.75) is 31.3 Å². The average Bonchev–Trinajstić information content (AvgIpc) is 2.70. The van der Waals surface area contributed by atoms with Gasteiger partial charge in [0.25, 0.3) is 0 Å². The van der Waals surface area contributed by atoms with Crippen LogP contribution in [0.4, 0.5) is 0 Å². The summed E-state index contributed by atoms with van der Waals surface area (Å²) in [5.41, 5.74) is 0. The zero-order chi connectivity index (χ0) is 10.8. The molecule has 0 aromatic heterocycles. The van der Waals surface area contributed by atoms with E-state index in [0.29, 0.717) is 18.6 Å². The van der Waals surface area contributed by atoms with Crippen molar-refractivity contribution in [3.8, 4) is 0 Å². The standard InChI is InChI=1S/C11H21N3O/c1-12-9-3-4-10(7-9)14-6-5-13(2)11(15)8-14/h9-10,12H,3-8H2,1-2H3. The fraction of sp³-hybridized carbons (Fsp3) is 0.909. The van der Waals surface area contributed by atoms with Crippen LogP contribution in [0.5, 0.6) is 0 Å². The second-order valence-electron chi connectivity index (χ2n) is 4.74. The Labute approximate surface area is 91.6 Å². The van der Waals surface area contributed by atoms with E-state index in [4.69, 9.17) is 0 Å². The van der Waals surface area contributed by atoms with Gasteiger partial charge in [0.1, 0.15) is 0 Å². The van der Waals surface area contributed by atoms with Crippen LogP contribution in [-0.4, -0.2) is 61.5 Å². The molecule has 0 bridgehead atoms. The van der Waals surface area contributed by atoms with Crippen molar-refractivity contribution in [1.82, 2.24) is 15.1 Å². The molecule has 2 rings (SSSR count). The number of piperazine rings is 1. The number of amides is 1. The summed E-state index contributed by atoms with van der Waals surface area (Å²) in [7, 11) is 3.92. The summed E-state index contributed by atoms with van der Waals surface area (Å²) in [6, 6.07) is 1.28. The summed E-state index contributed by atoms with van der Waals surface area (Å²) in [6.07, 6.45) is 3.69. The maximum absolute atomic E-state index is 11.6. The number of likely N-dealkylation sites (N-methyl/N-ethyl adjacent to an activating group) is 1. The fourth-order valence-electron chi connectivity index (χ4n) is 2.64. The Bertz CT molecular complexity index is 244. The Balaban J connectivity index is 1.87. The molecule has 0 spiro atoms. The number of rotatable bonds is 2. The second kappa shape index (κ2) is 4.49. The van der Waals surface area contributed by atoms with Gasteiger partial charge in [-0.1, -0.05) is 0 Å². The van der Waals surface area contributed by atoms with E-state index >= 15 is 0 Å². The molecule has 1 saturated heterocycles. The van der Waals surface area contributed by atoms with Gasteiger partial charge in [0, 0.05) is 32.2 Å². The van der Waals surface area contributed by atoms with Crippen LogP contribution < -0.4 is 5.32 Å². The van der Waals surface area contributed by atoms with E-state index in [-0.39, 0.29) is 5.91 Å². The van der Waals surface area contributed by atoms with Crippen molar-refractivity contribution in [2.75, 3.05) is 33.7 Å². The first-order valence-electron chi connectivity index (χ1n) is 5.86. The van der Waals surface area contributed by atoms with Crippen molar-refractivity contribution in [2.24, 2.45) is 0 Å². The van der Waals surface area contributed by atoms with E-state index < -0.39 is 0 Å². The monoisotopic (exact) mass is 211 g/mol. The first-order chi connectivity index (χ1) is 7.20. The molecular formula is C11H21N3O. The molecule has 1 saturated carbocycles. The number of nitrogens with one attached hydrogen (secondary N) is 1. The van der Waals surface area contributed by atoms with Crippen LogP contribution >= 0.6 is 0 Å². The summed E-state index contributed by atoms with van der Waals surface area (Å²) >= 11 is 0. The maximum atomic E-state index is 11.6. The Morgan fingerprint density at radius 2 is 2.13 bits per heavy atom. The first kappa shape index (κ1) is 10.9. The van der Waals surface area contributed by atoms with Gasteiger partial charge in [-0.25, -0.2) is 0 Å². The third-order valence-corrected chi connectivity index (χ3v) is 3.82. The van der Waals surface area contributed by atoms with Gasteiger partial charge in [0.05, 0.1) is 6.54 Å². The minimum Gasteiger partial charge on any atom is -0.343 e. The van der Waals surface area contributed by atoms with Crippen molar-refractivity contribution >= 4 is 5.91 Å². The summed E-state index contributed by atoms with van der Waals surface area (Å²) in [6.45, 7) is 2.56. The molecule has 1 heterocycles. The van der Waals surface area contributed by atoms with Crippen molar-refractivity contribution < 1.29 is 4.79 Å². The van der Waals surface area contributed by atoms with E-state index in [1.807, 2.05) is 19.0 Å². The predicted octanol–water partition coefficient (Wildman–Crippen LogP) is -0.0991. The quantitative estimate of drug-likeness (QED) is 0.693. The van der Waals surface area contributed by atoms with Crippen LogP contribution in [0, 0.1) is 0 Å². The lowest BCUT2D eigenvalue weighted by molar-refractivity contribution is -0.135. The highest BCUT2D eigenvalue weighted by atomic mass is 16.2. The molecule has 1 aliphatic carbocycles. The molecule has 0 aromatic rings. The van der Waals surface area contributed by atoms with Gasteiger partial charge in [0.2, 0.25) is 5.91 Å². The molecule has 2 atom stereocenters. The van der Waals surface area contributed by atoms with Crippen LogP contribution in [-0.2, 0) is 4.79 Å². The fourth-order valence-corrected chi connectivity index (χ4v) is 2.64. The summed E-state index contributed by atoms with van der Waals surface area (Å²) in [5.74, 6) is 0.272. The van der Waals surface area contributed by atoms with Gasteiger partial charge in [-0.3, -0.25) is 9.69 Å². The largest absolute Gasteiger partial charge is 0.343 e. The number of hydrogen-bond donors (Lipinski definition) is 1. The van der Waals surface area contributed by atoms with E-state index in [9.17, 15) is 4.79 Å². The molecule has 2 aliphatic rings. The van der Waals surface area contributed by atoms with E-state index in [1.54, 1.807) is 0 Å². The number of hydrogen-bond acceptors (Lipinski definition) is 3. The third kappa shape index (κ3) is 2.32. The Kier molecular flexibility index (Phi) is 3.26. The van der Waals surface area contributed by atoms with Crippen molar-refractivity contribution in [1.29, 1.82) is 0 Å². The molecular weight excluding hydrogens is 190 g/mol. The van der Waals surface area contributed by atoms with Gasteiger partial charge in [0.15, 0.2) is 0 Å². The highest BCUT2D eigenvalue weighted by molar-refractivity contribution is 5.78. The Morgan fingerprint density at radius 3 is 2.73 bits per heavy atom. The number of carbonyl (C=O) groups is 1. The zero-order valence-corrected chi connectivity index (χ0v) is 9.70. The molecule has 1 aliphatic heterocycles. The van der Waals surface area contributed by atoms with Gasteiger partial charge in [-0.2, -0.15) is 0 Å². The smallest absolute Gasteiger partial charge is 0.236 e. The molecule has 86 valence electrons.